The Morgan fingerprint density at radius 2 is 1.54 bits per heavy atom. The lowest BCUT2D eigenvalue weighted by Gasteiger charge is -2.23. The first-order valence-electron chi connectivity index (χ1n) is 7.81. The van der Waals surface area contributed by atoms with Gasteiger partial charge in [0.15, 0.2) is 0 Å². The van der Waals surface area contributed by atoms with E-state index in [1.54, 1.807) is 26.0 Å². The Kier molecular flexibility index (Phi) is 5.78. The van der Waals surface area contributed by atoms with Gasteiger partial charge in [-0.3, -0.25) is 9.59 Å². The van der Waals surface area contributed by atoms with Crippen LogP contribution in [-0.2, 0) is 16.0 Å². The second-order valence-electron chi connectivity index (χ2n) is 6.05. The first-order valence-corrected chi connectivity index (χ1v) is 8.60. The number of benzene rings is 2. The molecule has 0 saturated heterocycles. The predicted octanol–water partition coefficient (Wildman–Crippen LogP) is 4.61. The van der Waals surface area contributed by atoms with Crippen LogP contribution in [0.1, 0.15) is 26.3 Å². The molecule has 0 aliphatic rings. The lowest BCUT2D eigenvalue weighted by Crippen LogP contribution is -2.41. The molecule has 24 heavy (non-hydrogen) atoms. The van der Waals surface area contributed by atoms with Gasteiger partial charge in [0, 0.05) is 15.8 Å². The minimum atomic E-state index is -1.20. The maximum atomic E-state index is 12.6. The van der Waals surface area contributed by atoms with Crippen molar-refractivity contribution < 1.29 is 9.59 Å². The Bertz CT molecular complexity index is 739. The number of carbonyl (C=O) groups is 2. The summed E-state index contributed by atoms with van der Waals surface area (Å²) in [4.78, 5) is 25.1. The van der Waals surface area contributed by atoms with Crippen molar-refractivity contribution in [2.75, 3.05) is 10.6 Å². The smallest absolute Gasteiger partial charge is 0.239 e. The van der Waals surface area contributed by atoms with Crippen molar-refractivity contribution in [3.8, 4) is 0 Å². The van der Waals surface area contributed by atoms with Gasteiger partial charge in [0.2, 0.25) is 11.8 Å². The summed E-state index contributed by atoms with van der Waals surface area (Å²) in [6.07, 6.45) is 0.808. The average molecular weight is 389 g/mol. The molecule has 0 bridgehead atoms. The average Bonchev–Trinajstić information content (AvgIpc) is 2.57. The maximum absolute atomic E-state index is 12.6. The van der Waals surface area contributed by atoms with Gasteiger partial charge in [0.25, 0.3) is 0 Å². The number of para-hydroxylation sites is 1. The second-order valence-corrected chi connectivity index (χ2v) is 6.97. The van der Waals surface area contributed by atoms with Crippen LogP contribution >= 0.6 is 15.9 Å². The molecule has 0 unspecified atom stereocenters. The van der Waals surface area contributed by atoms with Gasteiger partial charge in [0.1, 0.15) is 5.41 Å². The summed E-state index contributed by atoms with van der Waals surface area (Å²) in [6, 6.07) is 14.8. The van der Waals surface area contributed by atoms with Crippen molar-refractivity contribution >= 4 is 39.1 Å². The third-order valence-corrected chi connectivity index (χ3v) is 4.41. The summed E-state index contributed by atoms with van der Waals surface area (Å²) in [5.41, 5.74) is 1.23. The quantitative estimate of drug-likeness (QED) is 0.734. The fourth-order valence-electron chi connectivity index (χ4n) is 2.15. The standard InChI is InChI=1S/C19H21BrN2O2/c1-4-13-7-5-6-8-16(13)22-18(24)19(2,3)17(23)21-15-11-9-14(20)10-12-15/h5-12H,4H2,1-3H3,(H,21,23)(H,22,24). The number of carbonyl (C=O) groups excluding carboxylic acids is 2. The molecule has 5 heteroatoms. The van der Waals surface area contributed by atoms with Gasteiger partial charge >= 0.3 is 0 Å². The van der Waals surface area contributed by atoms with E-state index in [0.717, 1.165) is 22.1 Å². The van der Waals surface area contributed by atoms with Gasteiger partial charge in [-0.05, 0) is 56.2 Å². The molecule has 4 nitrogen and oxygen atoms in total. The summed E-state index contributed by atoms with van der Waals surface area (Å²) in [5, 5.41) is 5.65. The molecule has 0 radical (unpaired) electrons. The highest BCUT2D eigenvalue weighted by Gasteiger charge is 2.36. The first kappa shape index (κ1) is 18.2. The highest BCUT2D eigenvalue weighted by atomic mass is 79.9. The van der Waals surface area contributed by atoms with E-state index in [4.69, 9.17) is 0 Å². The van der Waals surface area contributed by atoms with Crippen molar-refractivity contribution in [2.45, 2.75) is 27.2 Å². The van der Waals surface area contributed by atoms with Gasteiger partial charge < -0.3 is 10.6 Å². The van der Waals surface area contributed by atoms with E-state index in [0.29, 0.717) is 5.69 Å². The maximum Gasteiger partial charge on any atom is 0.239 e. The van der Waals surface area contributed by atoms with Crippen molar-refractivity contribution in [2.24, 2.45) is 5.41 Å². The Morgan fingerprint density at radius 1 is 0.958 bits per heavy atom. The summed E-state index contributed by atoms with van der Waals surface area (Å²) < 4.78 is 0.925. The molecule has 2 N–H and O–H groups in total. The van der Waals surface area contributed by atoms with Crippen LogP contribution in [-0.4, -0.2) is 11.8 Å². The number of anilines is 2. The normalized spacial score (nSPS) is 11.0. The molecule has 0 aliphatic heterocycles. The van der Waals surface area contributed by atoms with Crippen LogP contribution in [0.15, 0.2) is 53.0 Å². The number of hydrogen-bond acceptors (Lipinski definition) is 2. The zero-order valence-corrected chi connectivity index (χ0v) is 15.6. The molecule has 2 rings (SSSR count). The largest absolute Gasteiger partial charge is 0.325 e. The molecule has 126 valence electrons. The molecule has 2 aromatic rings. The van der Waals surface area contributed by atoms with E-state index in [1.165, 1.54) is 0 Å². The number of rotatable bonds is 5. The van der Waals surface area contributed by atoms with Gasteiger partial charge in [-0.15, -0.1) is 0 Å². The van der Waals surface area contributed by atoms with E-state index < -0.39 is 5.41 Å². The van der Waals surface area contributed by atoms with Crippen molar-refractivity contribution in [1.82, 2.24) is 0 Å². The van der Waals surface area contributed by atoms with E-state index in [1.807, 2.05) is 43.3 Å². The van der Waals surface area contributed by atoms with E-state index in [2.05, 4.69) is 26.6 Å². The highest BCUT2D eigenvalue weighted by Crippen LogP contribution is 2.24. The lowest BCUT2D eigenvalue weighted by molar-refractivity contribution is -0.135. The fraction of sp³-hybridized carbons (Fsp3) is 0.263. The molecule has 0 atom stereocenters. The monoisotopic (exact) mass is 388 g/mol. The lowest BCUT2D eigenvalue weighted by atomic mass is 9.90. The van der Waals surface area contributed by atoms with E-state index in [-0.39, 0.29) is 11.8 Å². The van der Waals surface area contributed by atoms with Crippen LogP contribution in [0.3, 0.4) is 0 Å². The van der Waals surface area contributed by atoms with Crippen LogP contribution < -0.4 is 10.6 Å². The van der Waals surface area contributed by atoms with Crippen LogP contribution in [0, 0.1) is 5.41 Å². The third kappa shape index (κ3) is 4.23. The van der Waals surface area contributed by atoms with Crippen LogP contribution in [0.25, 0.3) is 0 Å². The molecule has 0 fully saturated rings. The second kappa shape index (κ2) is 7.62. The number of halogens is 1. The van der Waals surface area contributed by atoms with Crippen LogP contribution in [0.4, 0.5) is 11.4 Å². The predicted molar refractivity (Wildman–Crippen MR) is 101 cm³/mol. The number of aryl methyl sites for hydroxylation is 1. The Morgan fingerprint density at radius 3 is 2.17 bits per heavy atom. The van der Waals surface area contributed by atoms with Crippen molar-refractivity contribution in [1.29, 1.82) is 0 Å². The third-order valence-electron chi connectivity index (χ3n) is 3.88. The Hall–Kier alpha value is -2.14. The minimum Gasteiger partial charge on any atom is -0.325 e. The number of nitrogens with one attached hydrogen (secondary N) is 2. The number of hydrogen-bond donors (Lipinski definition) is 2. The van der Waals surface area contributed by atoms with Crippen LogP contribution in [0.2, 0.25) is 0 Å². The molecule has 2 aromatic carbocycles. The van der Waals surface area contributed by atoms with Crippen molar-refractivity contribution in [3.05, 3.63) is 58.6 Å². The zero-order valence-electron chi connectivity index (χ0n) is 14.0. The summed E-state index contributed by atoms with van der Waals surface area (Å²) in [7, 11) is 0. The summed E-state index contributed by atoms with van der Waals surface area (Å²) in [6.45, 7) is 5.26. The molecule has 0 aromatic heterocycles. The molecule has 0 spiro atoms. The Labute approximate surface area is 150 Å². The highest BCUT2D eigenvalue weighted by molar-refractivity contribution is 9.10. The SMILES string of the molecule is CCc1ccccc1NC(=O)C(C)(C)C(=O)Nc1ccc(Br)cc1. The van der Waals surface area contributed by atoms with E-state index in [9.17, 15) is 9.59 Å². The fourth-order valence-corrected chi connectivity index (χ4v) is 2.42. The topological polar surface area (TPSA) is 58.2 Å². The van der Waals surface area contributed by atoms with Gasteiger partial charge in [0.05, 0.1) is 0 Å². The van der Waals surface area contributed by atoms with Crippen LogP contribution in [0.5, 0.6) is 0 Å². The van der Waals surface area contributed by atoms with Crippen molar-refractivity contribution in [3.63, 3.8) is 0 Å². The summed E-state index contributed by atoms with van der Waals surface area (Å²) in [5.74, 6) is -0.686. The van der Waals surface area contributed by atoms with Gasteiger partial charge in [-0.1, -0.05) is 41.1 Å². The molecular weight excluding hydrogens is 368 g/mol. The Balaban J connectivity index is 2.11. The molecule has 0 heterocycles. The zero-order chi connectivity index (χ0) is 17.7. The molecular formula is C19H21BrN2O2. The van der Waals surface area contributed by atoms with Gasteiger partial charge in [-0.2, -0.15) is 0 Å². The van der Waals surface area contributed by atoms with Gasteiger partial charge in [-0.25, -0.2) is 0 Å². The molecule has 0 aliphatic carbocycles. The minimum absolute atomic E-state index is 0.335. The number of amides is 2. The molecule has 0 saturated carbocycles. The van der Waals surface area contributed by atoms with E-state index >= 15 is 0 Å². The summed E-state index contributed by atoms with van der Waals surface area (Å²) >= 11 is 3.35. The first-order chi connectivity index (χ1) is 11.3. The molecule has 2 amide bonds.